The topological polar surface area (TPSA) is 74.0 Å². The monoisotopic (exact) mass is 349 g/mol. The van der Waals surface area contributed by atoms with Crippen molar-refractivity contribution in [1.82, 2.24) is 20.0 Å². The number of aromatic nitrogens is 2. The van der Waals surface area contributed by atoms with E-state index in [9.17, 15) is 4.79 Å². The van der Waals surface area contributed by atoms with E-state index in [1.807, 2.05) is 25.2 Å². The molecule has 26 heavy (non-hydrogen) atoms. The summed E-state index contributed by atoms with van der Waals surface area (Å²) < 4.78 is 1.65. The van der Waals surface area contributed by atoms with Gasteiger partial charge >= 0.3 is 0 Å². The molecule has 1 aromatic carbocycles. The van der Waals surface area contributed by atoms with Crippen LogP contribution in [0.2, 0.25) is 0 Å². The molecule has 1 aliphatic carbocycles. The Balaban J connectivity index is 1.28. The molecule has 1 saturated carbocycles. The molecule has 2 aliphatic rings. The van der Waals surface area contributed by atoms with Gasteiger partial charge in [0.05, 0.1) is 23.4 Å². The van der Waals surface area contributed by atoms with Gasteiger partial charge < -0.3 is 5.32 Å². The summed E-state index contributed by atoms with van der Waals surface area (Å²) in [6, 6.07) is 10.3. The number of hydrogen-bond acceptors (Lipinski definition) is 4. The second kappa shape index (κ2) is 6.58. The van der Waals surface area contributed by atoms with Gasteiger partial charge in [-0.05, 0) is 48.9 Å². The summed E-state index contributed by atoms with van der Waals surface area (Å²) in [7, 11) is 1.81. The summed E-state index contributed by atoms with van der Waals surface area (Å²) in [5.41, 5.74) is 2.89. The van der Waals surface area contributed by atoms with Gasteiger partial charge in [-0.25, -0.2) is 0 Å². The Morgan fingerprint density at radius 2 is 2.31 bits per heavy atom. The summed E-state index contributed by atoms with van der Waals surface area (Å²) in [6.45, 7) is 3.05. The molecule has 0 radical (unpaired) electrons. The number of carbonyl (C=O) groups is 1. The number of amides is 1. The van der Waals surface area contributed by atoms with Crippen LogP contribution in [0.15, 0.2) is 36.7 Å². The normalized spacial score (nSPS) is 25.0. The molecule has 1 N–H and O–H groups in total. The number of carbonyl (C=O) groups excluding carboxylic acids is 1. The summed E-state index contributed by atoms with van der Waals surface area (Å²) >= 11 is 0. The SMILES string of the molecule is Cn1cc(C(=O)NC2CC3(CCN(Cc4cccc(C#N)c4)C3)C2)cn1. The molecule has 1 amide bonds. The van der Waals surface area contributed by atoms with Gasteiger partial charge in [-0.3, -0.25) is 14.4 Å². The van der Waals surface area contributed by atoms with Gasteiger partial charge in [-0.1, -0.05) is 12.1 Å². The minimum Gasteiger partial charge on any atom is -0.349 e. The van der Waals surface area contributed by atoms with E-state index in [1.165, 1.54) is 12.0 Å². The lowest BCUT2D eigenvalue weighted by atomic mass is 9.65. The maximum Gasteiger partial charge on any atom is 0.254 e. The number of nitrogens with zero attached hydrogens (tertiary/aromatic N) is 4. The first-order valence-corrected chi connectivity index (χ1v) is 9.06. The Morgan fingerprint density at radius 1 is 1.46 bits per heavy atom. The Kier molecular flexibility index (Phi) is 4.25. The van der Waals surface area contributed by atoms with Crippen molar-refractivity contribution in [2.24, 2.45) is 12.5 Å². The van der Waals surface area contributed by atoms with Crippen molar-refractivity contribution in [2.75, 3.05) is 13.1 Å². The van der Waals surface area contributed by atoms with Crippen LogP contribution >= 0.6 is 0 Å². The molecular weight excluding hydrogens is 326 g/mol. The molecular formula is C20H23N5O. The third kappa shape index (κ3) is 3.35. The molecule has 1 aromatic heterocycles. The smallest absolute Gasteiger partial charge is 0.254 e. The highest BCUT2D eigenvalue weighted by atomic mass is 16.1. The van der Waals surface area contributed by atoms with E-state index in [0.717, 1.165) is 38.0 Å². The quantitative estimate of drug-likeness (QED) is 0.917. The van der Waals surface area contributed by atoms with Crippen LogP contribution in [0.25, 0.3) is 0 Å². The number of nitriles is 1. The number of rotatable bonds is 4. The van der Waals surface area contributed by atoms with Crippen molar-refractivity contribution in [1.29, 1.82) is 5.26 Å². The van der Waals surface area contributed by atoms with E-state index >= 15 is 0 Å². The van der Waals surface area contributed by atoms with Crippen LogP contribution in [0.5, 0.6) is 0 Å². The Bertz CT molecular complexity index is 859. The van der Waals surface area contributed by atoms with Crippen LogP contribution in [0, 0.1) is 16.7 Å². The molecule has 0 bridgehead atoms. The second-order valence-electron chi connectivity index (χ2n) is 7.75. The first kappa shape index (κ1) is 16.8. The third-order valence-corrected chi connectivity index (χ3v) is 5.64. The van der Waals surface area contributed by atoms with Gasteiger partial charge in [-0.2, -0.15) is 10.4 Å². The number of nitrogens with one attached hydrogen (secondary N) is 1. The first-order chi connectivity index (χ1) is 12.5. The zero-order chi connectivity index (χ0) is 18.1. The average molecular weight is 349 g/mol. The van der Waals surface area contributed by atoms with Gasteiger partial charge in [0.15, 0.2) is 0 Å². The number of likely N-dealkylation sites (tertiary alicyclic amines) is 1. The number of benzene rings is 1. The first-order valence-electron chi connectivity index (χ1n) is 9.06. The summed E-state index contributed by atoms with van der Waals surface area (Å²) in [4.78, 5) is 14.7. The van der Waals surface area contributed by atoms with E-state index in [4.69, 9.17) is 5.26 Å². The number of aryl methyl sites for hydroxylation is 1. The highest BCUT2D eigenvalue weighted by Gasteiger charge is 2.48. The van der Waals surface area contributed by atoms with Crippen molar-refractivity contribution in [3.05, 3.63) is 53.3 Å². The Morgan fingerprint density at radius 3 is 3.04 bits per heavy atom. The maximum absolute atomic E-state index is 12.2. The van der Waals surface area contributed by atoms with Crippen LogP contribution in [0.1, 0.15) is 40.7 Å². The minimum atomic E-state index is -0.0267. The molecule has 4 rings (SSSR count). The molecule has 6 heteroatoms. The summed E-state index contributed by atoms with van der Waals surface area (Å²) in [5, 5.41) is 16.2. The minimum absolute atomic E-state index is 0.0267. The van der Waals surface area contributed by atoms with Crippen LogP contribution in [-0.4, -0.2) is 39.7 Å². The Hall–Kier alpha value is -2.65. The zero-order valence-electron chi connectivity index (χ0n) is 15.0. The average Bonchev–Trinajstić information content (AvgIpc) is 3.21. The van der Waals surface area contributed by atoms with E-state index < -0.39 is 0 Å². The summed E-state index contributed by atoms with van der Waals surface area (Å²) in [5.74, 6) is -0.0267. The highest BCUT2D eigenvalue weighted by Crippen LogP contribution is 2.48. The molecule has 1 saturated heterocycles. The van der Waals surface area contributed by atoms with E-state index in [-0.39, 0.29) is 11.9 Å². The maximum atomic E-state index is 12.2. The fourth-order valence-electron chi connectivity index (χ4n) is 4.39. The number of hydrogen-bond donors (Lipinski definition) is 1. The van der Waals surface area contributed by atoms with Crippen molar-refractivity contribution >= 4 is 5.91 Å². The zero-order valence-corrected chi connectivity index (χ0v) is 15.0. The third-order valence-electron chi connectivity index (χ3n) is 5.64. The van der Waals surface area contributed by atoms with Gasteiger partial charge in [0.2, 0.25) is 0 Å². The Labute approximate surface area is 153 Å². The van der Waals surface area contributed by atoms with E-state index in [1.54, 1.807) is 17.1 Å². The predicted molar refractivity (Wildman–Crippen MR) is 97.2 cm³/mol. The largest absolute Gasteiger partial charge is 0.349 e. The molecule has 1 spiro atoms. The van der Waals surface area contributed by atoms with Crippen LogP contribution in [0.4, 0.5) is 0 Å². The molecule has 0 atom stereocenters. The standard InChI is InChI=1S/C20H23N5O/c1-24-13-17(11-22-24)19(26)23-18-8-20(9-18)5-6-25(14-20)12-16-4-2-3-15(7-16)10-21/h2-4,7,11,13,18H,5-6,8-9,12,14H2,1H3,(H,23,26). The lowest BCUT2D eigenvalue weighted by Crippen LogP contribution is -2.51. The molecule has 134 valence electrons. The lowest BCUT2D eigenvalue weighted by molar-refractivity contribution is 0.0694. The van der Waals surface area contributed by atoms with E-state index in [0.29, 0.717) is 11.0 Å². The molecule has 0 unspecified atom stereocenters. The van der Waals surface area contributed by atoms with Crippen LogP contribution in [-0.2, 0) is 13.6 Å². The van der Waals surface area contributed by atoms with Crippen molar-refractivity contribution in [2.45, 2.75) is 31.8 Å². The van der Waals surface area contributed by atoms with Gasteiger partial charge in [0.25, 0.3) is 5.91 Å². The van der Waals surface area contributed by atoms with Crippen molar-refractivity contribution < 1.29 is 4.79 Å². The molecule has 2 heterocycles. The van der Waals surface area contributed by atoms with Crippen LogP contribution < -0.4 is 5.32 Å². The van der Waals surface area contributed by atoms with Gasteiger partial charge in [0.1, 0.15) is 0 Å². The van der Waals surface area contributed by atoms with Crippen molar-refractivity contribution in [3.63, 3.8) is 0 Å². The van der Waals surface area contributed by atoms with Crippen molar-refractivity contribution in [3.8, 4) is 6.07 Å². The fraction of sp³-hybridized carbons (Fsp3) is 0.450. The molecule has 2 fully saturated rings. The molecule has 6 nitrogen and oxygen atoms in total. The van der Waals surface area contributed by atoms with Crippen LogP contribution in [0.3, 0.4) is 0 Å². The predicted octanol–water partition coefficient (Wildman–Crippen LogP) is 2.08. The molecule has 2 aromatic rings. The van der Waals surface area contributed by atoms with Gasteiger partial charge in [0, 0.05) is 32.4 Å². The van der Waals surface area contributed by atoms with Gasteiger partial charge in [-0.15, -0.1) is 0 Å². The summed E-state index contributed by atoms with van der Waals surface area (Å²) in [6.07, 6.45) is 6.64. The van der Waals surface area contributed by atoms with E-state index in [2.05, 4.69) is 27.5 Å². The molecule has 1 aliphatic heterocycles. The lowest BCUT2D eigenvalue weighted by Gasteiger charge is -2.45. The second-order valence-corrected chi connectivity index (χ2v) is 7.75. The highest BCUT2D eigenvalue weighted by molar-refractivity contribution is 5.93. The fourth-order valence-corrected chi connectivity index (χ4v) is 4.39.